The summed E-state index contributed by atoms with van der Waals surface area (Å²) in [6.45, 7) is 1.99. The van der Waals surface area contributed by atoms with Crippen molar-refractivity contribution in [3.8, 4) is 0 Å². The van der Waals surface area contributed by atoms with Gasteiger partial charge in [-0.1, -0.05) is 0 Å². The second kappa shape index (κ2) is 4.92. The zero-order valence-corrected chi connectivity index (χ0v) is 13.1. The van der Waals surface area contributed by atoms with E-state index in [0.29, 0.717) is 17.8 Å². The predicted molar refractivity (Wildman–Crippen MR) is 82.3 cm³/mol. The highest BCUT2D eigenvalue weighted by Crippen LogP contribution is 2.47. The van der Waals surface area contributed by atoms with Crippen molar-refractivity contribution in [2.45, 2.75) is 30.7 Å². The van der Waals surface area contributed by atoms with Crippen LogP contribution in [0, 0.1) is 5.82 Å². The van der Waals surface area contributed by atoms with Crippen LogP contribution in [0.3, 0.4) is 0 Å². The second-order valence-electron chi connectivity index (χ2n) is 5.84. The minimum absolute atomic E-state index is 0.00248. The summed E-state index contributed by atoms with van der Waals surface area (Å²) < 4.78 is 14.4. The molecule has 1 N–H and O–H groups in total. The molecule has 2 amide bonds. The third-order valence-corrected chi connectivity index (χ3v) is 5.78. The van der Waals surface area contributed by atoms with Crippen LogP contribution in [-0.4, -0.2) is 48.0 Å². The molecule has 0 radical (unpaired) electrons. The van der Waals surface area contributed by atoms with Gasteiger partial charge in [-0.2, -0.15) is 4.98 Å². The largest absolute Gasteiger partial charge is 0.315 e. The van der Waals surface area contributed by atoms with E-state index in [1.54, 1.807) is 16.7 Å². The van der Waals surface area contributed by atoms with Crippen LogP contribution in [0.25, 0.3) is 5.65 Å². The van der Waals surface area contributed by atoms with Crippen molar-refractivity contribution in [1.29, 1.82) is 0 Å². The fourth-order valence-electron chi connectivity index (χ4n) is 3.12. The Kier molecular flexibility index (Phi) is 3.09. The summed E-state index contributed by atoms with van der Waals surface area (Å²) in [6, 6.07) is 2.23. The number of pyridine rings is 1. The second-order valence-corrected chi connectivity index (χ2v) is 7.34. The number of halogens is 1. The topological polar surface area (TPSA) is 79.6 Å². The number of fused-ring (bicyclic) bond motifs is 2. The highest BCUT2D eigenvalue weighted by molar-refractivity contribution is 8.01. The fraction of sp³-hybridized carbons (Fsp3) is 0.429. The Balaban J connectivity index is 1.56. The van der Waals surface area contributed by atoms with Crippen LogP contribution in [0.5, 0.6) is 0 Å². The van der Waals surface area contributed by atoms with Crippen LogP contribution in [0.2, 0.25) is 0 Å². The number of carbonyl (C=O) groups excluding carboxylic acids is 2. The normalized spacial score (nSPS) is 26.8. The van der Waals surface area contributed by atoms with Crippen LogP contribution < -0.4 is 5.32 Å². The number of carbonyl (C=O) groups is 2. The monoisotopic (exact) mass is 335 g/mol. The van der Waals surface area contributed by atoms with Crippen LogP contribution in [0.15, 0.2) is 18.3 Å². The maximum atomic E-state index is 13.2. The van der Waals surface area contributed by atoms with E-state index in [4.69, 9.17) is 0 Å². The van der Waals surface area contributed by atoms with E-state index < -0.39 is 11.9 Å². The summed E-state index contributed by atoms with van der Waals surface area (Å²) in [4.78, 5) is 30.1. The third kappa shape index (κ3) is 2.26. The average Bonchev–Trinajstić information content (AvgIpc) is 3.12. The molecule has 2 fully saturated rings. The molecule has 2 aliphatic heterocycles. The number of nitrogens with zero attached hydrogens (tertiary/aromatic N) is 4. The molecule has 0 unspecified atom stereocenters. The van der Waals surface area contributed by atoms with Crippen molar-refractivity contribution in [1.82, 2.24) is 19.5 Å². The molecule has 2 aromatic rings. The van der Waals surface area contributed by atoms with E-state index in [9.17, 15) is 14.0 Å². The third-order valence-electron chi connectivity index (χ3n) is 4.28. The van der Waals surface area contributed by atoms with Crippen LogP contribution in [-0.2, 0) is 9.59 Å². The van der Waals surface area contributed by atoms with Gasteiger partial charge in [0.15, 0.2) is 5.65 Å². The lowest BCUT2D eigenvalue weighted by Gasteiger charge is -2.29. The van der Waals surface area contributed by atoms with Gasteiger partial charge in [-0.3, -0.25) is 14.9 Å². The SMILES string of the molecule is C[C@]12CCC(=O)N1[C@@H](C(=O)Nc1nc3ccc(F)cn3n1)CS2. The van der Waals surface area contributed by atoms with E-state index in [-0.39, 0.29) is 22.6 Å². The molecule has 0 saturated carbocycles. The van der Waals surface area contributed by atoms with Crippen molar-refractivity contribution in [3.05, 3.63) is 24.1 Å². The Hall–Kier alpha value is -2.16. The lowest BCUT2D eigenvalue weighted by atomic mass is 10.2. The minimum atomic E-state index is -0.525. The first-order valence-electron chi connectivity index (χ1n) is 7.25. The Morgan fingerprint density at radius 3 is 3.17 bits per heavy atom. The van der Waals surface area contributed by atoms with Gasteiger partial charge in [-0.15, -0.1) is 16.9 Å². The first kappa shape index (κ1) is 14.4. The zero-order valence-electron chi connectivity index (χ0n) is 12.3. The molecule has 120 valence electrons. The Bertz CT molecular complexity index is 825. The fourth-order valence-corrected chi connectivity index (χ4v) is 4.55. The maximum Gasteiger partial charge on any atom is 0.250 e. The zero-order chi connectivity index (χ0) is 16.2. The number of hydrogen-bond donors (Lipinski definition) is 1. The van der Waals surface area contributed by atoms with E-state index in [0.717, 1.165) is 6.42 Å². The van der Waals surface area contributed by atoms with Crippen molar-refractivity contribution < 1.29 is 14.0 Å². The van der Waals surface area contributed by atoms with Gasteiger partial charge in [0.1, 0.15) is 11.9 Å². The molecule has 0 bridgehead atoms. The molecule has 23 heavy (non-hydrogen) atoms. The summed E-state index contributed by atoms with van der Waals surface area (Å²) >= 11 is 1.62. The summed E-state index contributed by atoms with van der Waals surface area (Å²) in [7, 11) is 0. The molecule has 4 heterocycles. The van der Waals surface area contributed by atoms with E-state index >= 15 is 0 Å². The van der Waals surface area contributed by atoms with Gasteiger partial charge in [0.2, 0.25) is 17.8 Å². The molecule has 0 aromatic carbocycles. The van der Waals surface area contributed by atoms with Crippen LogP contribution in [0.1, 0.15) is 19.8 Å². The molecule has 2 atom stereocenters. The van der Waals surface area contributed by atoms with E-state index in [1.165, 1.54) is 22.8 Å². The number of amides is 2. The summed E-state index contributed by atoms with van der Waals surface area (Å²) in [5.74, 6) is -0.0944. The number of anilines is 1. The number of aromatic nitrogens is 3. The molecule has 7 nitrogen and oxygen atoms in total. The lowest BCUT2D eigenvalue weighted by Crippen LogP contribution is -2.48. The van der Waals surface area contributed by atoms with E-state index in [2.05, 4.69) is 15.4 Å². The molecule has 4 rings (SSSR count). The molecule has 2 aliphatic rings. The average molecular weight is 335 g/mol. The smallest absolute Gasteiger partial charge is 0.250 e. The van der Waals surface area contributed by atoms with Gasteiger partial charge in [0, 0.05) is 12.2 Å². The first-order chi connectivity index (χ1) is 11.0. The quantitative estimate of drug-likeness (QED) is 0.894. The molecule has 0 aliphatic carbocycles. The standard InChI is InChI=1S/C14H14FN5O2S/c1-14-5-4-11(21)20(14)9(7-23-14)12(22)17-13-16-10-3-2-8(15)6-19(10)18-13/h2-3,6,9H,4-5,7H2,1H3,(H,17,18,22)/t9-,14+/m1/s1. The minimum Gasteiger partial charge on any atom is -0.315 e. The van der Waals surface area contributed by atoms with Gasteiger partial charge in [0.05, 0.1) is 11.1 Å². The van der Waals surface area contributed by atoms with Crippen molar-refractivity contribution in [2.24, 2.45) is 0 Å². The predicted octanol–water partition coefficient (Wildman–Crippen LogP) is 1.26. The Labute approximate surface area is 135 Å². The van der Waals surface area contributed by atoms with Gasteiger partial charge >= 0.3 is 0 Å². The molecule has 9 heteroatoms. The lowest BCUT2D eigenvalue weighted by molar-refractivity contribution is -0.135. The van der Waals surface area contributed by atoms with Gasteiger partial charge in [-0.25, -0.2) is 8.91 Å². The van der Waals surface area contributed by atoms with Crippen molar-refractivity contribution in [3.63, 3.8) is 0 Å². The Morgan fingerprint density at radius 2 is 2.35 bits per heavy atom. The summed E-state index contributed by atoms with van der Waals surface area (Å²) in [5.41, 5.74) is 0.435. The number of thioether (sulfide) groups is 1. The molecular formula is C14H14FN5O2S. The van der Waals surface area contributed by atoms with Crippen molar-refractivity contribution >= 4 is 35.2 Å². The summed E-state index contributed by atoms with van der Waals surface area (Å²) in [5, 5.41) is 6.66. The van der Waals surface area contributed by atoms with Crippen molar-refractivity contribution in [2.75, 3.05) is 11.1 Å². The molecule has 0 spiro atoms. The maximum absolute atomic E-state index is 13.2. The van der Waals surface area contributed by atoms with Gasteiger partial charge in [-0.05, 0) is 25.5 Å². The van der Waals surface area contributed by atoms with Crippen LogP contribution >= 0.6 is 11.8 Å². The molecule has 2 saturated heterocycles. The highest BCUT2D eigenvalue weighted by Gasteiger charge is 2.52. The number of hydrogen-bond acceptors (Lipinski definition) is 5. The molecular weight excluding hydrogens is 321 g/mol. The van der Waals surface area contributed by atoms with E-state index in [1.807, 2.05) is 6.92 Å². The highest BCUT2D eigenvalue weighted by atomic mass is 32.2. The van der Waals surface area contributed by atoms with Gasteiger partial charge < -0.3 is 4.90 Å². The van der Waals surface area contributed by atoms with Gasteiger partial charge in [0.25, 0.3) is 0 Å². The first-order valence-corrected chi connectivity index (χ1v) is 8.24. The molecule has 2 aromatic heterocycles. The Morgan fingerprint density at radius 1 is 1.52 bits per heavy atom. The number of nitrogens with one attached hydrogen (secondary N) is 1. The van der Waals surface area contributed by atoms with Crippen LogP contribution in [0.4, 0.5) is 10.3 Å². The summed E-state index contributed by atoms with van der Waals surface area (Å²) in [6.07, 6.45) is 2.41. The number of rotatable bonds is 2.